The Labute approximate surface area is 123 Å². The summed E-state index contributed by atoms with van der Waals surface area (Å²) in [4.78, 5) is 0. The topological polar surface area (TPSA) is 46.2 Å². The van der Waals surface area contributed by atoms with Crippen molar-refractivity contribution in [1.29, 1.82) is 0 Å². The average molecular weight is 275 g/mol. The zero-order chi connectivity index (χ0) is 14.9. The lowest BCUT2D eigenvalue weighted by atomic mass is 9.56. The van der Waals surface area contributed by atoms with Crippen LogP contribution in [0.15, 0.2) is 30.3 Å². The van der Waals surface area contributed by atoms with E-state index in [1.54, 1.807) is 0 Å². The molecule has 2 rings (SSSR count). The second-order valence-electron chi connectivity index (χ2n) is 7.23. The minimum Gasteiger partial charge on any atom is -0.385 e. The molecule has 0 bridgehead atoms. The van der Waals surface area contributed by atoms with Crippen molar-refractivity contribution >= 4 is 0 Å². The van der Waals surface area contributed by atoms with Gasteiger partial charge in [0.2, 0.25) is 0 Å². The Bertz CT molecular complexity index is 430. The van der Waals surface area contributed by atoms with Gasteiger partial charge in [0.05, 0.1) is 5.60 Å². The van der Waals surface area contributed by atoms with Gasteiger partial charge in [-0.25, -0.2) is 0 Å². The van der Waals surface area contributed by atoms with Crippen LogP contribution < -0.4 is 5.73 Å². The Balaban J connectivity index is 2.38. The Hall–Kier alpha value is -0.860. The molecule has 0 aliphatic heterocycles. The van der Waals surface area contributed by atoms with Crippen LogP contribution in [0.1, 0.15) is 58.4 Å². The van der Waals surface area contributed by atoms with Crippen molar-refractivity contribution in [3.05, 3.63) is 35.9 Å². The summed E-state index contributed by atoms with van der Waals surface area (Å²) < 4.78 is 0. The number of hydrogen-bond acceptors (Lipinski definition) is 2. The van der Waals surface area contributed by atoms with Gasteiger partial charge in [-0.1, -0.05) is 51.1 Å². The minimum atomic E-state index is -0.806. The summed E-state index contributed by atoms with van der Waals surface area (Å²) in [6, 6.07) is 10.1. The van der Waals surface area contributed by atoms with E-state index in [-0.39, 0.29) is 5.41 Å². The molecule has 0 saturated heterocycles. The summed E-state index contributed by atoms with van der Waals surface area (Å²) >= 11 is 0. The Morgan fingerprint density at radius 2 is 1.65 bits per heavy atom. The molecule has 2 heteroatoms. The molecule has 1 fully saturated rings. The maximum atomic E-state index is 11.5. The van der Waals surface area contributed by atoms with E-state index in [0.717, 1.165) is 31.2 Å². The highest BCUT2D eigenvalue weighted by atomic mass is 16.3. The minimum absolute atomic E-state index is 0.182. The predicted octanol–water partition coefficient (Wildman–Crippen LogP) is 3.83. The van der Waals surface area contributed by atoms with E-state index < -0.39 is 5.60 Å². The third kappa shape index (κ3) is 2.51. The van der Waals surface area contributed by atoms with Crippen molar-refractivity contribution in [2.24, 2.45) is 16.6 Å². The van der Waals surface area contributed by atoms with Crippen LogP contribution in [0.2, 0.25) is 0 Å². The number of nitrogens with two attached hydrogens (primary N) is 1. The summed E-state index contributed by atoms with van der Waals surface area (Å²) in [7, 11) is 0. The smallest absolute Gasteiger partial charge is 0.0961 e. The van der Waals surface area contributed by atoms with Gasteiger partial charge in [-0.15, -0.1) is 0 Å². The van der Waals surface area contributed by atoms with Gasteiger partial charge in [0, 0.05) is 12.0 Å². The molecule has 1 aliphatic rings. The second-order valence-corrected chi connectivity index (χ2v) is 7.23. The zero-order valence-corrected chi connectivity index (χ0v) is 13.2. The van der Waals surface area contributed by atoms with Crippen LogP contribution in [0.5, 0.6) is 0 Å². The van der Waals surface area contributed by atoms with Crippen molar-refractivity contribution in [2.45, 2.75) is 58.5 Å². The van der Waals surface area contributed by atoms with E-state index in [9.17, 15) is 5.11 Å². The quantitative estimate of drug-likeness (QED) is 0.877. The van der Waals surface area contributed by atoms with Crippen LogP contribution in [0.3, 0.4) is 0 Å². The van der Waals surface area contributed by atoms with Crippen molar-refractivity contribution in [2.75, 3.05) is 6.54 Å². The van der Waals surface area contributed by atoms with Gasteiger partial charge >= 0.3 is 0 Å². The first kappa shape index (κ1) is 15.5. The Morgan fingerprint density at radius 3 is 2.10 bits per heavy atom. The molecule has 2 nitrogen and oxygen atoms in total. The molecule has 1 aromatic carbocycles. The first-order valence-corrected chi connectivity index (χ1v) is 7.87. The van der Waals surface area contributed by atoms with E-state index in [2.05, 4.69) is 20.8 Å². The highest BCUT2D eigenvalue weighted by Gasteiger charge is 2.51. The number of aliphatic hydroxyl groups is 1. The summed E-state index contributed by atoms with van der Waals surface area (Å²) in [5, 5.41) is 11.5. The number of benzene rings is 1. The molecule has 1 saturated carbocycles. The fourth-order valence-electron chi connectivity index (χ4n) is 3.79. The largest absolute Gasteiger partial charge is 0.385 e. The SMILES string of the molecule is CCC(O)(c1ccccc1)C1(CN)CCC(C)(C)CC1. The Kier molecular flexibility index (Phi) is 4.27. The Morgan fingerprint density at radius 1 is 1.10 bits per heavy atom. The molecule has 0 amide bonds. The van der Waals surface area contributed by atoms with E-state index in [1.807, 2.05) is 30.3 Å². The molecule has 1 atom stereocenters. The van der Waals surface area contributed by atoms with E-state index in [1.165, 1.54) is 0 Å². The predicted molar refractivity (Wildman–Crippen MR) is 84.4 cm³/mol. The highest BCUT2D eigenvalue weighted by molar-refractivity contribution is 5.26. The molecule has 20 heavy (non-hydrogen) atoms. The van der Waals surface area contributed by atoms with E-state index >= 15 is 0 Å². The molecular weight excluding hydrogens is 246 g/mol. The molecular formula is C18H29NO. The van der Waals surface area contributed by atoms with E-state index in [0.29, 0.717) is 18.4 Å². The van der Waals surface area contributed by atoms with Crippen LogP contribution in [0, 0.1) is 10.8 Å². The van der Waals surface area contributed by atoms with Crippen LogP contribution in [-0.2, 0) is 5.60 Å². The molecule has 1 unspecified atom stereocenters. The first-order valence-electron chi connectivity index (χ1n) is 7.87. The molecule has 0 heterocycles. The lowest BCUT2D eigenvalue weighted by molar-refractivity contribution is -0.121. The van der Waals surface area contributed by atoms with Crippen LogP contribution in [-0.4, -0.2) is 11.7 Å². The molecule has 0 aromatic heterocycles. The van der Waals surface area contributed by atoms with Crippen molar-refractivity contribution in [1.82, 2.24) is 0 Å². The maximum absolute atomic E-state index is 11.5. The zero-order valence-electron chi connectivity index (χ0n) is 13.2. The van der Waals surface area contributed by atoms with E-state index in [4.69, 9.17) is 5.73 Å². The summed E-state index contributed by atoms with van der Waals surface area (Å²) in [5.74, 6) is 0. The number of hydrogen-bond donors (Lipinski definition) is 2. The molecule has 112 valence electrons. The molecule has 0 radical (unpaired) electrons. The summed E-state index contributed by atoms with van der Waals surface area (Å²) in [5.41, 5.74) is 6.58. The average Bonchev–Trinajstić information content (AvgIpc) is 2.48. The van der Waals surface area contributed by atoms with Gasteiger partial charge in [0.1, 0.15) is 0 Å². The second kappa shape index (κ2) is 5.50. The lowest BCUT2D eigenvalue weighted by Gasteiger charge is -2.52. The molecule has 1 aromatic rings. The fourth-order valence-corrected chi connectivity index (χ4v) is 3.79. The van der Waals surface area contributed by atoms with Crippen LogP contribution >= 0.6 is 0 Å². The highest BCUT2D eigenvalue weighted by Crippen LogP contribution is 2.54. The van der Waals surface area contributed by atoms with Crippen LogP contribution in [0.4, 0.5) is 0 Å². The normalized spacial score (nSPS) is 24.1. The molecule has 3 N–H and O–H groups in total. The van der Waals surface area contributed by atoms with Gasteiger partial charge in [0.25, 0.3) is 0 Å². The molecule has 0 spiro atoms. The van der Waals surface area contributed by atoms with Gasteiger partial charge in [-0.3, -0.25) is 0 Å². The van der Waals surface area contributed by atoms with Gasteiger partial charge in [-0.05, 0) is 43.1 Å². The van der Waals surface area contributed by atoms with Crippen molar-refractivity contribution in [3.63, 3.8) is 0 Å². The van der Waals surface area contributed by atoms with Gasteiger partial charge < -0.3 is 10.8 Å². The van der Waals surface area contributed by atoms with Gasteiger partial charge in [0.15, 0.2) is 0 Å². The summed E-state index contributed by atoms with van der Waals surface area (Å²) in [6.07, 6.45) is 5.01. The van der Waals surface area contributed by atoms with Gasteiger partial charge in [-0.2, -0.15) is 0 Å². The summed E-state index contributed by atoms with van der Waals surface area (Å²) in [6.45, 7) is 7.27. The number of rotatable bonds is 4. The third-order valence-corrected chi connectivity index (χ3v) is 5.59. The van der Waals surface area contributed by atoms with Crippen molar-refractivity contribution < 1.29 is 5.11 Å². The lowest BCUT2D eigenvalue weighted by Crippen LogP contribution is -2.52. The third-order valence-electron chi connectivity index (χ3n) is 5.59. The maximum Gasteiger partial charge on any atom is 0.0961 e. The first-order chi connectivity index (χ1) is 9.39. The van der Waals surface area contributed by atoms with Crippen LogP contribution in [0.25, 0.3) is 0 Å². The standard InChI is InChI=1S/C18H29NO/c1-4-18(20,15-8-6-5-7-9-15)17(14-19)12-10-16(2,3)11-13-17/h5-9,20H,4,10-14,19H2,1-3H3. The fraction of sp³-hybridized carbons (Fsp3) is 0.667. The molecule has 1 aliphatic carbocycles. The monoisotopic (exact) mass is 275 g/mol. The van der Waals surface area contributed by atoms with Crippen molar-refractivity contribution in [3.8, 4) is 0 Å².